The van der Waals surface area contributed by atoms with Crippen molar-refractivity contribution in [3.8, 4) is 0 Å². The average molecular weight is 675 g/mol. The summed E-state index contributed by atoms with van der Waals surface area (Å²) < 4.78 is 6.80. The molecule has 5 rings (SSSR count). The molecule has 0 bridgehead atoms. The van der Waals surface area contributed by atoms with Crippen LogP contribution in [-0.2, 0) is 21.6 Å². The van der Waals surface area contributed by atoms with Crippen LogP contribution in [0.25, 0.3) is 0 Å². The van der Waals surface area contributed by atoms with Crippen molar-refractivity contribution in [2.24, 2.45) is 0 Å². The summed E-state index contributed by atoms with van der Waals surface area (Å²) in [7, 11) is 0. The Labute approximate surface area is 248 Å². The lowest BCUT2D eigenvalue weighted by molar-refractivity contribution is -0.133. The number of nitrogens with zero attached hydrogens (tertiary/aromatic N) is 1. The molecule has 3 aromatic carbocycles. The highest BCUT2D eigenvalue weighted by Crippen LogP contribution is 2.43. The fourth-order valence-electron chi connectivity index (χ4n) is 4.99. The molecule has 2 heterocycles. The van der Waals surface area contributed by atoms with E-state index in [-0.39, 0.29) is 24.4 Å². The fraction of sp³-hybridized carbons (Fsp3) is 0.214. The molecule has 0 aromatic heterocycles. The van der Waals surface area contributed by atoms with Gasteiger partial charge in [0.25, 0.3) is 5.91 Å². The number of fused-ring (bicyclic) bond motifs is 2. The Morgan fingerprint density at radius 1 is 1.10 bits per heavy atom. The lowest BCUT2D eigenvalue weighted by atomic mass is 9.90. The Bertz CT molecular complexity index is 1480. The highest BCUT2D eigenvalue weighted by atomic mass is 127. The van der Waals surface area contributed by atoms with E-state index in [0.717, 1.165) is 9.13 Å². The van der Waals surface area contributed by atoms with Gasteiger partial charge in [-0.25, -0.2) is 9.59 Å². The number of benzene rings is 3. The van der Waals surface area contributed by atoms with Crippen LogP contribution in [-0.4, -0.2) is 53.1 Å². The molecule has 4 N–H and O–H groups in total. The first-order chi connectivity index (χ1) is 19.1. The first kappa shape index (κ1) is 27.7. The number of halogens is 2. The summed E-state index contributed by atoms with van der Waals surface area (Å²) in [5, 5.41) is 17.1. The standard InChI is InChI=1S/C28H24ClIN4O6/c29-18-5-10-22-21(14-18)28(40-27(39)33-22)11-12-34(15-28)25(36)23(13-16-1-6-19(30)7-2-16)32-24(35)17-3-8-20(9-4-17)31-26(37)38/h1-10,14,23,31H,11-13,15H2,(H,32,35)(H,33,39)(H,37,38)/t23-,28?/m0/s1. The van der Waals surface area contributed by atoms with Crippen LogP contribution < -0.4 is 16.0 Å². The smallest absolute Gasteiger partial charge is 0.412 e. The van der Waals surface area contributed by atoms with E-state index in [1.54, 1.807) is 23.1 Å². The number of hydrogen-bond donors (Lipinski definition) is 4. The van der Waals surface area contributed by atoms with Crippen molar-refractivity contribution in [1.82, 2.24) is 10.2 Å². The quantitative estimate of drug-likeness (QED) is 0.270. The van der Waals surface area contributed by atoms with Crippen LogP contribution in [0, 0.1) is 3.57 Å². The topological polar surface area (TPSA) is 137 Å². The molecule has 12 heteroatoms. The third-order valence-corrected chi connectivity index (χ3v) is 7.85. The molecule has 10 nitrogen and oxygen atoms in total. The number of carboxylic acid groups (broad SMARTS) is 1. The van der Waals surface area contributed by atoms with Crippen molar-refractivity contribution >= 4 is 69.6 Å². The van der Waals surface area contributed by atoms with Gasteiger partial charge in [-0.2, -0.15) is 0 Å². The van der Waals surface area contributed by atoms with Crippen LogP contribution in [0.5, 0.6) is 0 Å². The molecule has 1 unspecified atom stereocenters. The Balaban J connectivity index is 1.38. The largest absolute Gasteiger partial charge is 0.465 e. The highest BCUT2D eigenvalue weighted by Gasteiger charge is 2.49. The summed E-state index contributed by atoms with van der Waals surface area (Å²) in [4.78, 5) is 51.9. The van der Waals surface area contributed by atoms with Gasteiger partial charge in [-0.3, -0.25) is 20.2 Å². The van der Waals surface area contributed by atoms with Gasteiger partial charge in [0.05, 0.1) is 12.2 Å². The fourth-order valence-corrected chi connectivity index (χ4v) is 5.52. The second-order valence-corrected chi connectivity index (χ2v) is 11.3. The number of carbonyl (C=O) groups is 4. The summed E-state index contributed by atoms with van der Waals surface area (Å²) in [6.07, 6.45) is -1.20. The van der Waals surface area contributed by atoms with Crippen LogP contribution in [0.4, 0.5) is 21.0 Å². The third kappa shape index (κ3) is 5.99. The molecular formula is C28H24ClIN4O6. The molecule has 2 aliphatic heterocycles. The lowest BCUT2D eigenvalue weighted by Crippen LogP contribution is -2.50. The average Bonchev–Trinajstić information content (AvgIpc) is 3.33. The second-order valence-electron chi connectivity index (χ2n) is 9.57. The van der Waals surface area contributed by atoms with Crippen LogP contribution >= 0.6 is 34.2 Å². The molecule has 1 fully saturated rings. The predicted molar refractivity (Wildman–Crippen MR) is 157 cm³/mol. The molecule has 2 atom stereocenters. The zero-order valence-electron chi connectivity index (χ0n) is 20.9. The zero-order valence-corrected chi connectivity index (χ0v) is 23.9. The van der Waals surface area contributed by atoms with Crippen LogP contribution in [0.15, 0.2) is 66.7 Å². The summed E-state index contributed by atoms with van der Waals surface area (Å²) in [5.74, 6) is -0.795. The van der Waals surface area contributed by atoms with Gasteiger partial charge >= 0.3 is 12.2 Å². The number of rotatable bonds is 6. The molecule has 1 spiro atoms. The minimum atomic E-state index is -1.21. The van der Waals surface area contributed by atoms with Crippen molar-refractivity contribution in [2.75, 3.05) is 23.7 Å². The number of nitrogens with one attached hydrogen (secondary N) is 3. The summed E-state index contributed by atoms with van der Waals surface area (Å²) in [6.45, 7) is 0.424. The first-order valence-electron chi connectivity index (χ1n) is 12.4. The van der Waals surface area contributed by atoms with E-state index in [1.807, 2.05) is 24.3 Å². The number of carbonyl (C=O) groups excluding carboxylic acids is 3. The van der Waals surface area contributed by atoms with E-state index < -0.39 is 29.7 Å². The second kappa shape index (κ2) is 11.3. The van der Waals surface area contributed by atoms with Gasteiger partial charge < -0.3 is 20.1 Å². The number of amides is 4. The van der Waals surface area contributed by atoms with Crippen LogP contribution in [0.2, 0.25) is 5.02 Å². The number of likely N-dealkylation sites (tertiary alicyclic amines) is 1. The van der Waals surface area contributed by atoms with Crippen LogP contribution in [0.1, 0.15) is 27.9 Å². The van der Waals surface area contributed by atoms with Gasteiger partial charge in [0.2, 0.25) is 5.91 Å². The van der Waals surface area contributed by atoms with E-state index in [1.165, 1.54) is 24.3 Å². The number of ether oxygens (including phenoxy) is 1. The van der Waals surface area contributed by atoms with E-state index >= 15 is 0 Å². The number of anilines is 2. The molecule has 2 aliphatic rings. The van der Waals surface area contributed by atoms with Crippen molar-refractivity contribution < 1.29 is 29.0 Å². The van der Waals surface area contributed by atoms with E-state index in [2.05, 4.69) is 38.5 Å². The molecule has 0 aliphatic carbocycles. The molecular weight excluding hydrogens is 651 g/mol. The normalized spacial score (nSPS) is 18.4. The van der Waals surface area contributed by atoms with Gasteiger partial charge in [0.15, 0.2) is 5.60 Å². The SMILES string of the molecule is O=C(O)Nc1ccc(C(=O)N[C@@H](Cc2ccc(I)cc2)C(=O)N2CCC3(C2)OC(=O)Nc2ccc(Cl)cc23)cc1. The monoisotopic (exact) mass is 674 g/mol. The molecule has 0 radical (unpaired) electrons. The highest BCUT2D eigenvalue weighted by molar-refractivity contribution is 14.1. The maximum absolute atomic E-state index is 13.9. The van der Waals surface area contributed by atoms with E-state index in [9.17, 15) is 19.2 Å². The van der Waals surface area contributed by atoms with E-state index in [4.69, 9.17) is 21.4 Å². The van der Waals surface area contributed by atoms with Gasteiger partial charge in [0, 0.05) is 44.8 Å². The third-order valence-electron chi connectivity index (χ3n) is 6.90. The Morgan fingerprint density at radius 2 is 1.82 bits per heavy atom. The zero-order chi connectivity index (χ0) is 28.4. The van der Waals surface area contributed by atoms with Crippen molar-refractivity contribution in [1.29, 1.82) is 0 Å². The molecule has 4 amide bonds. The molecule has 0 saturated carbocycles. The van der Waals surface area contributed by atoms with Crippen molar-refractivity contribution in [2.45, 2.75) is 24.5 Å². The first-order valence-corrected chi connectivity index (χ1v) is 13.8. The summed E-state index contributed by atoms with van der Waals surface area (Å²) in [5.41, 5.74) is 1.67. The number of hydrogen-bond acceptors (Lipinski definition) is 5. The van der Waals surface area contributed by atoms with Gasteiger partial charge in [0.1, 0.15) is 6.04 Å². The Kier molecular flexibility index (Phi) is 7.86. The lowest BCUT2D eigenvalue weighted by Gasteiger charge is -2.35. The maximum Gasteiger partial charge on any atom is 0.412 e. The maximum atomic E-state index is 13.9. The van der Waals surface area contributed by atoms with Gasteiger partial charge in [-0.1, -0.05) is 23.7 Å². The van der Waals surface area contributed by atoms with Gasteiger partial charge in [-0.05, 0) is 82.8 Å². The molecule has 206 valence electrons. The van der Waals surface area contributed by atoms with E-state index in [0.29, 0.717) is 34.9 Å². The summed E-state index contributed by atoms with van der Waals surface area (Å²) >= 11 is 8.44. The predicted octanol–water partition coefficient (Wildman–Crippen LogP) is 5.07. The van der Waals surface area contributed by atoms with Crippen molar-refractivity contribution in [3.05, 3.63) is 92.0 Å². The molecule has 3 aromatic rings. The minimum absolute atomic E-state index is 0.112. The van der Waals surface area contributed by atoms with Crippen molar-refractivity contribution in [3.63, 3.8) is 0 Å². The molecule has 40 heavy (non-hydrogen) atoms. The van der Waals surface area contributed by atoms with Gasteiger partial charge in [-0.15, -0.1) is 0 Å². The Hall–Kier alpha value is -3.84. The van der Waals surface area contributed by atoms with Crippen LogP contribution in [0.3, 0.4) is 0 Å². The summed E-state index contributed by atoms with van der Waals surface area (Å²) in [6, 6.07) is 17.8. The minimum Gasteiger partial charge on any atom is -0.465 e. The Morgan fingerprint density at radius 3 is 2.52 bits per heavy atom. The molecule has 1 saturated heterocycles.